The Morgan fingerprint density at radius 2 is 1.92 bits per heavy atom. The van der Waals surface area contributed by atoms with Gasteiger partial charge in [-0.3, -0.25) is 15.1 Å². The second kappa shape index (κ2) is 7.00. The van der Waals surface area contributed by atoms with Gasteiger partial charge in [-0.2, -0.15) is 4.98 Å². The molecule has 8 nitrogen and oxygen atoms in total. The molecule has 0 N–H and O–H groups in total. The maximum atomic E-state index is 11.3. The summed E-state index contributed by atoms with van der Waals surface area (Å²) < 4.78 is 5.92. The Hall–Kier alpha value is -2.42. The Balaban J connectivity index is 1.75. The van der Waals surface area contributed by atoms with Crippen LogP contribution in [0.1, 0.15) is 0 Å². The van der Waals surface area contributed by atoms with Crippen LogP contribution in [0.2, 0.25) is 0 Å². The first kappa shape index (κ1) is 16.4. The highest BCUT2D eigenvalue weighted by atomic mass is 79.9. The number of benzene rings is 1. The lowest BCUT2D eigenvalue weighted by Crippen LogP contribution is -2.47. The quantitative estimate of drug-likeness (QED) is 0.582. The van der Waals surface area contributed by atoms with Gasteiger partial charge in [0.1, 0.15) is 5.69 Å². The van der Waals surface area contributed by atoms with Gasteiger partial charge < -0.3 is 14.5 Å². The molecule has 1 aliphatic rings. The molecular weight excluding hydrogens is 378 g/mol. The fourth-order valence-corrected chi connectivity index (χ4v) is 3.02. The summed E-state index contributed by atoms with van der Waals surface area (Å²) >= 11 is 3.38. The number of halogens is 1. The van der Waals surface area contributed by atoms with Crippen molar-refractivity contribution in [2.75, 3.05) is 43.1 Å². The highest BCUT2D eigenvalue weighted by Crippen LogP contribution is 2.32. The molecule has 1 aliphatic heterocycles. The van der Waals surface area contributed by atoms with Crippen LogP contribution in [0.5, 0.6) is 5.88 Å². The number of rotatable bonds is 4. The Morgan fingerprint density at radius 1 is 1.21 bits per heavy atom. The zero-order chi connectivity index (χ0) is 17.1. The van der Waals surface area contributed by atoms with E-state index in [0.717, 1.165) is 10.3 Å². The van der Waals surface area contributed by atoms with Gasteiger partial charge in [0.25, 0.3) is 5.69 Å². The van der Waals surface area contributed by atoms with E-state index in [-0.39, 0.29) is 10.6 Å². The maximum Gasteiger partial charge on any atom is 0.292 e. The highest BCUT2D eigenvalue weighted by Gasteiger charge is 2.24. The van der Waals surface area contributed by atoms with E-state index in [2.05, 4.69) is 30.8 Å². The smallest absolute Gasteiger partial charge is 0.292 e. The molecule has 3 rings (SSSR count). The fraction of sp³-hybridized carbons (Fsp3) is 0.333. The van der Waals surface area contributed by atoms with Crippen molar-refractivity contribution in [2.24, 2.45) is 0 Å². The van der Waals surface area contributed by atoms with Crippen molar-refractivity contribution in [3.63, 3.8) is 0 Å². The lowest BCUT2D eigenvalue weighted by molar-refractivity contribution is -0.384. The van der Waals surface area contributed by atoms with Crippen LogP contribution in [0.15, 0.2) is 35.1 Å². The minimum atomic E-state index is -0.346. The fourth-order valence-electron chi connectivity index (χ4n) is 2.67. The Labute approximate surface area is 147 Å². The number of piperazine rings is 1. The van der Waals surface area contributed by atoms with Crippen molar-refractivity contribution in [1.29, 1.82) is 0 Å². The summed E-state index contributed by atoms with van der Waals surface area (Å²) in [5, 5.41) is 11.3. The third-order valence-corrected chi connectivity index (χ3v) is 4.38. The zero-order valence-electron chi connectivity index (χ0n) is 13.1. The Kier molecular flexibility index (Phi) is 4.79. The summed E-state index contributed by atoms with van der Waals surface area (Å²) in [4.78, 5) is 23.5. The van der Waals surface area contributed by atoms with Crippen molar-refractivity contribution in [3.8, 4) is 5.88 Å². The summed E-state index contributed by atoms with van der Waals surface area (Å²) in [6.45, 7) is 2.73. The lowest BCUT2D eigenvalue weighted by atomic mass is 10.2. The third-order valence-electron chi connectivity index (χ3n) is 3.89. The predicted octanol–water partition coefficient (Wildman–Crippen LogP) is 2.48. The molecule has 24 heavy (non-hydrogen) atoms. The van der Waals surface area contributed by atoms with E-state index in [0.29, 0.717) is 37.7 Å². The number of ether oxygens (including phenoxy) is 1. The van der Waals surface area contributed by atoms with Crippen molar-refractivity contribution in [2.45, 2.75) is 0 Å². The highest BCUT2D eigenvalue weighted by molar-refractivity contribution is 9.10. The molecule has 2 aromatic rings. The minimum Gasteiger partial charge on any atom is -0.480 e. The van der Waals surface area contributed by atoms with E-state index in [4.69, 9.17) is 4.74 Å². The summed E-state index contributed by atoms with van der Waals surface area (Å²) in [6, 6.07) is 5.00. The van der Waals surface area contributed by atoms with Gasteiger partial charge >= 0.3 is 0 Å². The third kappa shape index (κ3) is 3.40. The Bertz CT molecular complexity index is 750. The van der Waals surface area contributed by atoms with Crippen LogP contribution in [0.4, 0.5) is 17.2 Å². The van der Waals surface area contributed by atoms with Crippen LogP contribution in [-0.2, 0) is 0 Å². The average molecular weight is 394 g/mol. The zero-order valence-corrected chi connectivity index (χ0v) is 14.6. The molecule has 9 heteroatoms. The van der Waals surface area contributed by atoms with Crippen LogP contribution in [0.3, 0.4) is 0 Å². The van der Waals surface area contributed by atoms with Crippen molar-refractivity contribution >= 4 is 33.1 Å². The molecule has 2 heterocycles. The largest absolute Gasteiger partial charge is 0.480 e. The first-order valence-electron chi connectivity index (χ1n) is 7.38. The first-order chi connectivity index (χ1) is 11.6. The normalized spacial score (nSPS) is 14.6. The molecule has 0 atom stereocenters. The number of nitro benzene ring substituents is 1. The van der Waals surface area contributed by atoms with Crippen LogP contribution in [0, 0.1) is 10.1 Å². The molecule has 0 bridgehead atoms. The van der Waals surface area contributed by atoms with Crippen LogP contribution in [0.25, 0.3) is 0 Å². The second-order valence-electron chi connectivity index (χ2n) is 5.28. The molecule has 1 fully saturated rings. The molecular formula is C15H16BrN5O3. The van der Waals surface area contributed by atoms with Gasteiger partial charge in [-0.05, 0) is 12.1 Å². The van der Waals surface area contributed by atoms with Crippen LogP contribution < -0.4 is 14.5 Å². The van der Waals surface area contributed by atoms with Gasteiger partial charge in [-0.15, -0.1) is 0 Å². The summed E-state index contributed by atoms with van der Waals surface area (Å²) in [6.07, 6.45) is 3.25. The Morgan fingerprint density at radius 3 is 2.58 bits per heavy atom. The molecule has 0 radical (unpaired) electrons. The van der Waals surface area contributed by atoms with Crippen molar-refractivity contribution in [3.05, 3.63) is 45.2 Å². The van der Waals surface area contributed by atoms with Gasteiger partial charge in [0.05, 0.1) is 24.4 Å². The van der Waals surface area contributed by atoms with E-state index in [1.165, 1.54) is 6.07 Å². The number of methoxy groups -OCH3 is 1. The number of hydrogen-bond donors (Lipinski definition) is 0. The average Bonchev–Trinajstić information content (AvgIpc) is 2.61. The van der Waals surface area contributed by atoms with Gasteiger partial charge in [-0.25, -0.2) is 0 Å². The van der Waals surface area contributed by atoms with Crippen LogP contribution >= 0.6 is 15.9 Å². The summed E-state index contributed by atoms with van der Waals surface area (Å²) in [5.41, 5.74) is 0.749. The number of aromatic nitrogens is 2. The molecule has 0 amide bonds. The maximum absolute atomic E-state index is 11.3. The van der Waals surface area contributed by atoms with E-state index in [1.54, 1.807) is 31.6 Å². The standard InChI is InChI=1S/C15H16BrN5O3/c1-24-15-10-17-9-14(18-15)20-6-4-19(5-7-20)13-8-11(16)2-3-12(13)21(22)23/h2-3,8-10H,4-7H2,1H3. The molecule has 0 saturated carbocycles. The molecule has 0 spiro atoms. The summed E-state index contributed by atoms with van der Waals surface area (Å²) in [7, 11) is 1.55. The molecule has 0 aliphatic carbocycles. The number of anilines is 2. The van der Waals surface area contributed by atoms with Crippen LogP contribution in [-0.4, -0.2) is 48.2 Å². The van der Waals surface area contributed by atoms with E-state index in [1.807, 2.05) is 4.90 Å². The first-order valence-corrected chi connectivity index (χ1v) is 8.17. The molecule has 1 saturated heterocycles. The minimum absolute atomic E-state index is 0.118. The number of nitro groups is 1. The van der Waals surface area contributed by atoms with E-state index >= 15 is 0 Å². The second-order valence-corrected chi connectivity index (χ2v) is 6.20. The van der Waals surface area contributed by atoms with Gasteiger partial charge in [0, 0.05) is 36.7 Å². The molecule has 1 aromatic heterocycles. The molecule has 1 aromatic carbocycles. The summed E-state index contributed by atoms with van der Waals surface area (Å²) in [5.74, 6) is 1.22. The van der Waals surface area contributed by atoms with E-state index in [9.17, 15) is 10.1 Å². The van der Waals surface area contributed by atoms with E-state index < -0.39 is 0 Å². The van der Waals surface area contributed by atoms with Crippen molar-refractivity contribution in [1.82, 2.24) is 9.97 Å². The SMILES string of the molecule is COc1cncc(N2CCN(c3cc(Br)ccc3[N+](=O)[O-])CC2)n1. The number of hydrogen-bond acceptors (Lipinski definition) is 7. The van der Waals surface area contributed by atoms with Gasteiger partial charge in [-0.1, -0.05) is 15.9 Å². The topological polar surface area (TPSA) is 84.6 Å². The van der Waals surface area contributed by atoms with Gasteiger partial charge in [0.15, 0.2) is 5.82 Å². The van der Waals surface area contributed by atoms with Gasteiger partial charge in [0.2, 0.25) is 5.88 Å². The molecule has 0 unspecified atom stereocenters. The number of nitrogens with zero attached hydrogens (tertiary/aromatic N) is 5. The molecule has 126 valence electrons. The van der Waals surface area contributed by atoms with Crippen molar-refractivity contribution < 1.29 is 9.66 Å². The lowest BCUT2D eigenvalue weighted by Gasteiger charge is -2.36. The monoisotopic (exact) mass is 393 g/mol. The predicted molar refractivity (Wildman–Crippen MR) is 93.8 cm³/mol.